The fourth-order valence-electron chi connectivity index (χ4n) is 2.19. The molecule has 0 aromatic carbocycles. The first-order valence-electron chi connectivity index (χ1n) is 5.84. The van der Waals surface area contributed by atoms with Gasteiger partial charge in [-0.1, -0.05) is 12.8 Å². The van der Waals surface area contributed by atoms with Crippen molar-refractivity contribution in [1.82, 2.24) is 9.97 Å². The van der Waals surface area contributed by atoms with Crippen molar-refractivity contribution in [3.05, 3.63) is 11.8 Å². The second kappa shape index (κ2) is 5.12. The van der Waals surface area contributed by atoms with E-state index in [-0.39, 0.29) is 0 Å². The van der Waals surface area contributed by atoms with Crippen LogP contribution in [0.4, 0.5) is 11.8 Å². The zero-order valence-corrected chi connectivity index (χ0v) is 9.66. The summed E-state index contributed by atoms with van der Waals surface area (Å²) >= 11 is 0. The van der Waals surface area contributed by atoms with Crippen molar-refractivity contribution in [2.45, 2.75) is 32.6 Å². The summed E-state index contributed by atoms with van der Waals surface area (Å²) in [4.78, 5) is 8.40. The number of nitrogens with zero attached hydrogens (tertiary/aromatic N) is 2. The summed E-state index contributed by atoms with van der Waals surface area (Å²) < 4.78 is 0. The average molecular weight is 221 g/mol. The molecule has 88 valence electrons. The quantitative estimate of drug-likeness (QED) is 0.532. The highest BCUT2D eigenvalue weighted by Gasteiger charge is 2.14. The molecule has 0 bridgehead atoms. The lowest BCUT2D eigenvalue weighted by Gasteiger charge is -2.12. The van der Waals surface area contributed by atoms with Gasteiger partial charge < -0.3 is 5.32 Å². The Labute approximate surface area is 95.8 Å². The fraction of sp³-hybridized carbons (Fsp3) is 0.636. The Morgan fingerprint density at radius 3 is 2.81 bits per heavy atom. The minimum atomic E-state index is 0.467. The van der Waals surface area contributed by atoms with Gasteiger partial charge in [0.1, 0.15) is 5.82 Å². The monoisotopic (exact) mass is 221 g/mol. The Kier molecular flexibility index (Phi) is 3.56. The van der Waals surface area contributed by atoms with Crippen LogP contribution in [0.3, 0.4) is 0 Å². The number of hydrogen-bond acceptors (Lipinski definition) is 5. The smallest absolute Gasteiger partial charge is 0.239 e. The van der Waals surface area contributed by atoms with E-state index in [0.717, 1.165) is 24.0 Å². The molecular formula is C11H19N5. The van der Waals surface area contributed by atoms with Crippen LogP contribution < -0.4 is 16.6 Å². The Balaban J connectivity index is 1.94. The molecule has 5 heteroatoms. The normalized spacial score (nSPS) is 16.4. The van der Waals surface area contributed by atoms with E-state index in [2.05, 4.69) is 20.7 Å². The lowest BCUT2D eigenvalue weighted by atomic mass is 10.1. The molecule has 0 saturated heterocycles. The lowest BCUT2D eigenvalue weighted by molar-refractivity contribution is 0.579. The SMILES string of the molecule is Cc1cc(NCC2CCCC2)nc(NN)n1. The molecule has 1 aliphatic rings. The van der Waals surface area contributed by atoms with E-state index >= 15 is 0 Å². The van der Waals surface area contributed by atoms with Crippen LogP contribution in [0.15, 0.2) is 6.07 Å². The summed E-state index contributed by atoms with van der Waals surface area (Å²) in [6.07, 6.45) is 5.40. The first kappa shape index (κ1) is 11.1. The summed E-state index contributed by atoms with van der Waals surface area (Å²) in [7, 11) is 0. The van der Waals surface area contributed by atoms with E-state index in [1.165, 1.54) is 25.7 Å². The number of hydrazine groups is 1. The van der Waals surface area contributed by atoms with Gasteiger partial charge in [-0.2, -0.15) is 4.98 Å². The Morgan fingerprint density at radius 2 is 2.12 bits per heavy atom. The Morgan fingerprint density at radius 1 is 1.38 bits per heavy atom. The van der Waals surface area contributed by atoms with E-state index in [9.17, 15) is 0 Å². The molecular weight excluding hydrogens is 202 g/mol. The molecule has 1 heterocycles. The molecule has 1 aliphatic carbocycles. The van der Waals surface area contributed by atoms with Crippen LogP contribution >= 0.6 is 0 Å². The fourth-order valence-corrected chi connectivity index (χ4v) is 2.19. The zero-order chi connectivity index (χ0) is 11.4. The highest BCUT2D eigenvalue weighted by molar-refractivity contribution is 5.41. The van der Waals surface area contributed by atoms with Gasteiger partial charge in [-0.25, -0.2) is 10.8 Å². The maximum atomic E-state index is 5.30. The maximum absolute atomic E-state index is 5.30. The third-order valence-corrected chi connectivity index (χ3v) is 3.03. The predicted octanol–water partition coefficient (Wildman–Crippen LogP) is 1.67. The van der Waals surface area contributed by atoms with Crippen molar-refractivity contribution in [2.75, 3.05) is 17.3 Å². The molecule has 0 atom stereocenters. The van der Waals surface area contributed by atoms with Gasteiger partial charge >= 0.3 is 0 Å². The van der Waals surface area contributed by atoms with Gasteiger partial charge in [-0.15, -0.1) is 0 Å². The standard InChI is InChI=1S/C11H19N5/c1-8-6-10(15-11(14-8)16-12)13-7-9-4-2-3-5-9/h6,9H,2-5,7,12H2,1H3,(H2,13,14,15,16). The number of nitrogens with two attached hydrogens (primary N) is 1. The minimum absolute atomic E-state index is 0.467. The van der Waals surface area contributed by atoms with E-state index < -0.39 is 0 Å². The molecule has 1 aromatic heterocycles. The van der Waals surface area contributed by atoms with Crippen LogP contribution in [0, 0.1) is 12.8 Å². The predicted molar refractivity (Wildman–Crippen MR) is 65.0 cm³/mol. The highest BCUT2D eigenvalue weighted by atomic mass is 15.3. The Hall–Kier alpha value is -1.36. The first-order valence-corrected chi connectivity index (χ1v) is 5.84. The van der Waals surface area contributed by atoms with Crippen LogP contribution in [0.1, 0.15) is 31.4 Å². The number of nitrogens with one attached hydrogen (secondary N) is 2. The second-order valence-electron chi connectivity index (χ2n) is 4.39. The molecule has 5 nitrogen and oxygen atoms in total. The van der Waals surface area contributed by atoms with Crippen molar-refractivity contribution in [3.63, 3.8) is 0 Å². The zero-order valence-electron chi connectivity index (χ0n) is 9.66. The maximum Gasteiger partial charge on any atom is 0.239 e. The molecule has 0 radical (unpaired) electrons. The van der Waals surface area contributed by atoms with Crippen LogP contribution in [-0.4, -0.2) is 16.5 Å². The van der Waals surface area contributed by atoms with Crippen molar-refractivity contribution in [3.8, 4) is 0 Å². The van der Waals surface area contributed by atoms with E-state index in [0.29, 0.717) is 5.95 Å². The molecule has 1 aromatic rings. The molecule has 0 unspecified atom stereocenters. The van der Waals surface area contributed by atoms with Crippen molar-refractivity contribution >= 4 is 11.8 Å². The number of aromatic nitrogens is 2. The number of aryl methyl sites for hydroxylation is 1. The third kappa shape index (κ3) is 2.82. The summed E-state index contributed by atoms with van der Waals surface area (Å²) in [6, 6.07) is 1.94. The summed E-state index contributed by atoms with van der Waals surface area (Å²) in [5.41, 5.74) is 3.39. The van der Waals surface area contributed by atoms with Crippen LogP contribution in [0.25, 0.3) is 0 Å². The molecule has 4 N–H and O–H groups in total. The van der Waals surface area contributed by atoms with Gasteiger partial charge in [0.15, 0.2) is 0 Å². The Bertz CT molecular complexity index is 346. The van der Waals surface area contributed by atoms with Gasteiger partial charge in [0.05, 0.1) is 0 Å². The minimum Gasteiger partial charge on any atom is -0.370 e. The van der Waals surface area contributed by atoms with Crippen molar-refractivity contribution < 1.29 is 0 Å². The van der Waals surface area contributed by atoms with Crippen molar-refractivity contribution in [2.24, 2.45) is 11.8 Å². The molecule has 0 spiro atoms. The number of nitrogen functional groups attached to an aromatic ring is 1. The number of rotatable bonds is 4. The van der Waals surface area contributed by atoms with Gasteiger partial charge in [0.2, 0.25) is 5.95 Å². The molecule has 0 amide bonds. The molecule has 2 rings (SSSR count). The molecule has 1 fully saturated rings. The van der Waals surface area contributed by atoms with Gasteiger partial charge in [0.25, 0.3) is 0 Å². The lowest BCUT2D eigenvalue weighted by Crippen LogP contribution is -2.15. The third-order valence-electron chi connectivity index (χ3n) is 3.03. The van der Waals surface area contributed by atoms with E-state index in [1.54, 1.807) is 0 Å². The molecule has 1 saturated carbocycles. The summed E-state index contributed by atoms with van der Waals surface area (Å²) in [5, 5.41) is 3.36. The topological polar surface area (TPSA) is 75.9 Å². The van der Waals surface area contributed by atoms with Crippen LogP contribution in [-0.2, 0) is 0 Å². The second-order valence-corrected chi connectivity index (χ2v) is 4.39. The van der Waals surface area contributed by atoms with Crippen molar-refractivity contribution in [1.29, 1.82) is 0 Å². The van der Waals surface area contributed by atoms with Gasteiger partial charge in [0, 0.05) is 18.3 Å². The largest absolute Gasteiger partial charge is 0.370 e. The van der Waals surface area contributed by atoms with Gasteiger partial charge in [-0.05, 0) is 25.7 Å². The number of anilines is 2. The summed E-state index contributed by atoms with van der Waals surface area (Å²) in [5.74, 6) is 7.42. The van der Waals surface area contributed by atoms with Gasteiger partial charge in [-0.3, -0.25) is 5.43 Å². The first-order chi connectivity index (χ1) is 7.78. The average Bonchev–Trinajstić information content (AvgIpc) is 2.78. The summed E-state index contributed by atoms with van der Waals surface area (Å²) in [6.45, 7) is 2.93. The van der Waals surface area contributed by atoms with E-state index in [4.69, 9.17) is 5.84 Å². The molecule has 0 aliphatic heterocycles. The van der Waals surface area contributed by atoms with Crippen LogP contribution in [0.2, 0.25) is 0 Å². The number of hydrogen-bond donors (Lipinski definition) is 3. The molecule has 16 heavy (non-hydrogen) atoms. The highest BCUT2D eigenvalue weighted by Crippen LogP contribution is 2.24. The van der Waals surface area contributed by atoms with Crippen LogP contribution in [0.5, 0.6) is 0 Å². The van der Waals surface area contributed by atoms with E-state index in [1.807, 2.05) is 13.0 Å².